The summed E-state index contributed by atoms with van der Waals surface area (Å²) in [5.74, 6) is -0.198. The van der Waals surface area contributed by atoms with Crippen LogP contribution < -0.4 is 10.4 Å². The Kier molecular flexibility index (Phi) is 4.83. The zero-order valence-electron chi connectivity index (χ0n) is 15.5. The van der Waals surface area contributed by atoms with E-state index in [4.69, 9.17) is 14.4 Å². The molecule has 2 aliphatic heterocycles. The van der Waals surface area contributed by atoms with E-state index in [0.717, 1.165) is 24.2 Å². The summed E-state index contributed by atoms with van der Waals surface area (Å²) in [5, 5.41) is 8.95. The largest absolute Gasteiger partial charge is 0.494 e. The summed E-state index contributed by atoms with van der Waals surface area (Å²) in [6, 6.07) is 8.24. The van der Waals surface area contributed by atoms with E-state index in [-0.39, 0.29) is 24.2 Å². The molecule has 25 heavy (non-hydrogen) atoms. The lowest BCUT2D eigenvalue weighted by atomic mass is 9.79. The van der Waals surface area contributed by atoms with Gasteiger partial charge in [-0.1, -0.05) is 12.1 Å². The summed E-state index contributed by atoms with van der Waals surface area (Å²) < 4.78 is 12.2. The van der Waals surface area contributed by atoms with Crippen LogP contribution in [0.2, 0.25) is 0 Å². The molecule has 2 aliphatic rings. The van der Waals surface area contributed by atoms with Gasteiger partial charge in [0.2, 0.25) is 5.91 Å². The monoisotopic (exact) mass is 346 g/mol. The number of carbonyl (C=O) groups is 1. The molecule has 0 atom stereocenters. The van der Waals surface area contributed by atoms with Crippen LogP contribution in [0.3, 0.4) is 0 Å². The Labute approximate surface area is 149 Å². The molecule has 0 aliphatic carbocycles. The van der Waals surface area contributed by atoms with Gasteiger partial charge < -0.3 is 24.2 Å². The minimum Gasteiger partial charge on any atom is -0.399 e. The smallest absolute Gasteiger partial charge is 0.399 e. The Morgan fingerprint density at radius 3 is 2.04 bits per heavy atom. The summed E-state index contributed by atoms with van der Waals surface area (Å²) in [7, 11) is -0.349. The maximum Gasteiger partial charge on any atom is 0.494 e. The third-order valence-electron chi connectivity index (χ3n) is 5.55. The molecular formula is C18H27BN2O4. The van der Waals surface area contributed by atoms with E-state index in [2.05, 4.69) is 44.7 Å². The van der Waals surface area contributed by atoms with E-state index in [1.807, 2.05) is 12.1 Å². The van der Waals surface area contributed by atoms with Gasteiger partial charge in [0.05, 0.1) is 11.2 Å². The predicted molar refractivity (Wildman–Crippen MR) is 98.0 cm³/mol. The minimum atomic E-state index is -0.414. The summed E-state index contributed by atoms with van der Waals surface area (Å²) in [6.07, 6.45) is 0. The molecular weight excluding hydrogens is 319 g/mol. The van der Waals surface area contributed by atoms with Crippen molar-refractivity contribution in [3.63, 3.8) is 0 Å². The van der Waals surface area contributed by atoms with E-state index in [0.29, 0.717) is 13.1 Å². The molecule has 0 aromatic heterocycles. The number of amides is 1. The normalized spacial score (nSPS) is 22.4. The second kappa shape index (κ2) is 6.63. The van der Waals surface area contributed by atoms with Gasteiger partial charge in [-0.15, -0.1) is 0 Å². The highest BCUT2D eigenvalue weighted by molar-refractivity contribution is 6.62. The Hall–Kier alpha value is -1.57. The lowest BCUT2D eigenvalue weighted by molar-refractivity contribution is -0.134. The summed E-state index contributed by atoms with van der Waals surface area (Å²) in [4.78, 5) is 15.5. The number of carbonyl (C=O) groups excluding carboxylic acids is 1. The fourth-order valence-corrected chi connectivity index (χ4v) is 3.14. The molecule has 6 nitrogen and oxygen atoms in total. The number of benzene rings is 1. The van der Waals surface area contributed by atoms with Crippen LogP contribution in [0.25, 0.3) is 0 Å². The van der Waals surface area contributed by atoms with Crippen molar-refractivity contribution in [2.24, 2.45) is 0 Å². The molecule has 0 bridgehead atoms. The number of piperazine rings is 1. The fraction of sp³-hybridized carbons (Fsp3) is 0.611. The number of aliphatic hydroxyl groups is 1. The number of aliphatic hydroxyl groups excluding tert-OH is 1. The fourth-order valence-electron chi connectivity index (χ4n) is 3.14. The van der Waals surface area contributed by atoms with Crippen molar-refractivity contribution in [3.05, 3.63) is 24.3 Å². The predicted octanol–water partition coefficient (Wildman–Crippen LogP) is 0.627. The van der Waals surface area contributed by atoms with Crippen LogP contribution in [0.4, 0.5) is 5.69 Å². The third-order valence-corrected chi connectivity index (χ3v) is 5.55. The first-order valence-electron chi connectivity index (χ1n) is 8.83. The van der Waals surface area contributed by atoms with Crippen LogP contribution in [-0.4, -0.2) is 67.0 Å². The maximum atomic E-state index is 11.5. The number of anilines is 1. The first-order valence-corrected chi connectivity index (χ1v) is 8.83. The Balaban J connectivity index is 1.63. The lowest BCUT2D eigenvalue weighted by Gasteiger charge is -2.36. The van der Waals surface area contributed by atoms with Crippen LogP contribution in [0, 0.1) is 0 Å². The van der Waals surface area contributed by atoms with Gasteiger partial charge in [0.25, 0.3) is 0 Å². The van der Waals surface area contributed by atoms with E-state index >= 15 is 0 Å². The van der Waals surface area contributed by atoms with Crippen LogP contribution in [-0.2, 0) is 14.1 Å². The molecule has 1 aromatic carbocycles. The molecule has 2 saturated heterocycles. The standard InChI is InChI=1S/C18H27BN2O4/c1-17(2)18(3,4)25-19(24-17)14-5-7-15(8-6-14)20-9-11-21(12-10-20)16(23)13-22/h5-8,22H,9-13H2,1-4H3. The topological polar surface area (TPSA) is 62.2 Å². The van der Waals surface area contributed by atoms with Gasteiger partial charge in [-0.05, 0) is 45.3 Å². The van der Waals surface area contributed by atoms with E-state index in [1.54, 1.807) is 4.90 Å². The molecule has 0 saturated carbocycles. The van der Waals surface area contributed by atoms with Gasteiger partial charge in [0.1, 0.15) is 6.61 Å². The first-order chi connectivity index (χ1) is 11.7. The van der Waals surface area contributed by atoms with E-state index < -0.39 is 6.61 Å². The third kappa shape index (κ3) is 3.54. The minimum absolute atomic E-state index is 0.198. The van der Waals surface area contributed by atoms with Crippen molar-refractivity contribution in [1.82, 2.24) is 4.90 Å². The van der Waals surface area contributed by atoms with Crippen molar-refractivity contribution in [1.29, 1.82) is 0 Å². The molecule has 7 heteroatoms. The van der Waals surface area contributed by atoms with Crippen LogP contribution >= 0.6 is 0 Å². The van der Waals surface area contributed by atoms with Crippen molar-refractivity contribution in [3.8, 4) is 0 Å². The molecule has 1 aromatic rings. The number of hydrogen-bond acceptors (Lipinski definition) is 5. The van der Waals surface area contributed by atoms with E-state index in [9.17, 15) is 4.79 Å². The molecule has 1 N–H and O–H groups in total. The molecule has 0 unspecified atom stereocenters. The van der Waals surface area contributed by atoms with Crippen LogP contribution in [0.5, 0.6) is 0 Å². The van der Waals surface area contributed by atoms with Gasteiger partial charge in [-0.3, -0.25) is 4.79 Å². The van der Waals surface area contributed by atoms with E-state index in [1.165, 1.54) is 0 Å². The van der Waals surface area contributed by atoms with Crippen LogP contribution in [0.15, 0.2) is 24.3 Å². The Morgan fingerprint density at radius 1 is 1.04 bits per heavy atom. The van der Waals surface area contributed by atoms with Gasteiger partial charge in [0, 0.05) is 31.9 Å². The molecule has 0 radical (unpaired) electrons. The average molecular weight is 346 g/mol. The summed E-state index contributed by atoms with van der Waals surface area (Å²) in [6.45, 7) is 10.6. The highest BCUT2D eigenvalue weighted by Crippen LogP contribution is 2.36. The quantitative estimate of drug-likeness (QED) is 0.814. The second-order valence-electron chi connectivity index (χ2n) is 7.71. The molecule has 2 heterocycles. The summed E-state index contributed by atoms with van der Waals surface area (Å²) >= 11 is 0. The summed E-state index contributed by atoms with van der Waals surface area (Å²) in [5.41, 5.74) is 1.45. The van der Waals surface area contributed by atoms with Gasteiger partial charge in [-0.25, -0.2) is 0 Å². The van der Waals surface area contributed by atoms with Crippen molar-refractivity contribution >= 4 is 24.2 Å². The zero-order valence-corrected chi connectivity index (χ0v) is 15.5. The Bertz CT molecular complexity index is 608. The lowest BCUT2D eigenvalue weighted by Crippen LogP contribution is -2.49. The highest BCUT2D eigenvalue weighted by Gasteiger charge is 2.51. The molecule has 136 valence electrons. The second-order valence-corrected chi connectivity index (χ2v) is 7.71. The van der Waals surface area contributed by atoms with Crippen molar-refractivity contribution in [2.75, 3.05) is 37.7 Å². The molecule has 3 rings (SSSR count). The van der Waals surface area contributed by atoms with Crippen molar-refractivity contribution in [2.45, 2.75) is 38.9 Å². The maximum absolute atomic E-state index is 11.5. The number of nitrogens with zero attached hydrogens (tertiary/aromatic N) is 2. The Morgan fingerprint density at radius 2 is 1.56 bits per heavy atom. The van der Waals surface area contributed by atoms with Gasteiger partial charge >= 0.3 is 7.12 Å². The van der Waals surface area contributed by atoms with Crippen molar-refractivity contribution < 1.29 is 19.2 Å². The first kappa shape index (κ1) is 18.2. The highest BCUT2D eigenvalue weighted by atomic mass is 16.7. The van der Waals surface area contributed by atoms with Crippen LogP contribution in [0.1, 0.15) is 27.7 Å². The van der Waals surface area contributed by atoms with Gasteiger partial charge in [0.15, 0.2) is 0 Å². The average Bonchev–Trinajstić information content (AvgIpc) is 2.82. The number of hydrogen-bond donors (Lipinski definition) is 1. The molecule has 2 fully saturated rings. The number of rotatable bonds is 3. The molecule has 1 amide bonds. The SMILES string of the molecule is CC1(C)OB(c2ccc(N3CCN(C(=O)CO)CC3)cc2)OC1(C)C. The molecule has 0 spiro atoms. The van der Waals surface area contributed by atoms with Gasteiger partial charge in [-0.2, -0.15) is 0 Å². The zero-order chi connectivity index (χ0) is 18.2.